The van der Waals surface area contributed by atoms with E-state index >= 15 is 0 Å². The van der Waals surface area contributed by atoms with Crippen molar-refractivity contribution in [3.63, 3.8) is 0 Å². The van der Waals surface area contributed by atoms with Crippen LogP contribution in [0.4, 0.5) is 10.3 Å². The van der Waals surface area contributed by atoms with Crippen LogP contribution in [0.3, 0.4) is 0 Å². The first kappa shape index (κ1) is 20.8. The lowest BCUT2D eigenvalue weighted by Gasteiger charge is -2.14. The number of nitrogens with zero attached hydrogens (tertiary/aromatic N) is 2. The van der Waals surface area contributed by atoms with Gasteiger partial charge in [-0.05, 0) is 55.2 Å². The topological polar surface area (TPSA) is 99.8 Å². The smallest absolute Gasteiger partial charge is 0.253 e. The van der Waals surface area contributed by atoms with Gasteiger partial charge in [0.1, 0.15) is 5.82 Å². The van der Waals surface area contributed by atoms with Crippen LogP contribution >= 0.6 is 0 Å². The highest BCUT2D eigenvalue weighted by Crippen LogP contribution is 2.30. The van der Waals surface area contributed by atoms with Gasteiger partial charge in [-0.25, -0.2) is 14.4 Å². The van der Waals surface area contributed by atoms with Gasteiger partial charge in [0.2, 0.25) is 11.9 Å². The summed E-state index contributed by atoms with van der Waals surface area (Å²) in [5, 5.41) is 6.40. The number of nitrogens with one attached hydrogen (secondary N) is 3. The first-order chi connectivity index (χ1) is 16.0. The van der Waals surface area contributed by atoms with Crippen molar-refractivity contribution in [1.29, 1.82) is 0 Å². The molecule has 0 aliphatic heterocycles. The summed E-state index contributed by atoms with van der Waals surface area (Å²) in [5.41, 5.74) is 3.60. The normalized spacial score (nSPS) is 14.1. The summed E-state index contributed by atoms with van der Waals surface area (Å²) < 4.78 is 13.5. The van der Waals surface area contributed by atoms with Crippen molar-refractivity contribution < 1.29 is 14.0 Å². The summed E-state index contributed by atoms with van der Waals surface area (Å²) in [6, 6.07) is 11.5. The molecule has 2 amide bonds. The van der Waals surface area contributed by atoms with Crippen LogP contribution < -0.4 is 10.6 Å². The van der Waals surface area contributed by atoms with Gasteiger partial charge in [0.15, 0.2) is 0 Å². The third-order valence-corrected chi connectivity index (χ3v) is 5.79. The summed E-state index contributed by atoms with van der Waals surface area (Å²) in [6.07, 6.45) is 6.79. The predicted octanol–water partition coefficient (Wildman–Crippen LogP) is 4.60. The molecule has 0 saturated heterocycles. The van der Waals surface area contributed by atoms with Crippen LogP contribution in [0.15, 0.2) is 61.1 Å². The van der Waals surface area contributed by atoms with Crippen molar-refractivity contribution in [2.75, 3.05) is 5.32 Å². The number of carbonyl (C=O) groups is 2. The number of halogens is 1. The molecule has 2 aromatic heterocycles. The zero-order valence-electron chi connectivity index (χ0n) is 17.9. The number of hydrogen-bond donors (Lipinski definition) is 3. The Balaban J connectivity index is 1.36. The molecule has 2 aromatic carbocycles. The van der Waals surface area contributed by atoms with E-state index in [0.29, 0.717) is 11.1 Å². The molecule has 7 nitrogen and oxygen atoms in total. The Bertz CT molecular complexity index is 1340. The Morgan fingerprint density at radius 2 is 1.88 bits per heavy atom. The van der Waals surface area contributed by atoms with Crippen LogP contribution in [0.1, 0.15) is 41.7 Å². The highest BCUT2D eigenvalue weighted by atomic mass is 19.1. The fraction of sp³-hybridized carbons (Fsp3) is 0.200. The fourth-order valence-corrected chi connectivity index (χ4v) is 3.72. The second-order valence-electron chi connectivity index (χ2n) is 8.27. The van der Waals surface area contributed by atoms with E-state index in [2.05, 4.69) is 25.6 Å². The molecular formula is C25H22FN5O2. The Morgan fingerprint density at radius 3 is 2.61 bits per heavy atom. The van der Waals surface area contributed by atoms with Crippen LogP contribution in [0.5, 0.6) is 0 Å². The second kappa shape index (κ2) is 8.46. The van der Waals surface area contributed by atoms with E-state index in [0.717, 1.165) is 34.9 Å². The average molecular weight is 443 g/mol. The number of amides is 2. The quantitative estimate of drug-likeness (QED) is 0.405. The minimum absolute atomic E-state index is 0.0420. The number of fused-ring (bicyclic) bond motifs is 1. The lowest BCUT2D eigenvalue weighted by Crippen LogP contribution is -2.26. The number of carbonyl (C=O) groups excluding carboxylic acids is 2. The highest BCUT2D eigenvalue weighted by molar-refractivity contribution is 6.07. The largest absolute Gasteiger partial charge is 0.360 e. The summed E-state index contributed by atoms with van der Waals surface area (Å²) in [7, 11) is 0. The van der Waals surface area contributed by atoms with Crippen LogP contribution in [0.2, 0.25) is 0 Å². The molecule has 0 spiro atoms. The van der Waals surface area contributed by atoms with Gasteiger partial charge >= 0.3 is 0 Å². The maximum absolute atomic E-state index is 13.5. The molecule has 4 aromatic rings. The number of hydrogen-bond acceptors (Lipinski definition) is 4. The summed E-state index contributed by atoms with van der Waals surface area (Å²) in [5.74, 6) is -0.280. The molecule has 3 N–H and O–H groups in total. The van der Waals surface area contributed by atoms with Crippen molar-refractivity contribution in [2.45, 2.75) is 25.8 Å². The Morgan fingerprint density at radius 1 is 1.09 bits per heavy atom. The first-order valence-corrected chi connectivity index (χ1v) is 10.8. The maximum Gasteiger partial charge on any atom is 0.253 e. The van der Waals surface area contributed by atoms with Crippen LogP contribution in [-0.2, 0) is 4.79 Å². The van der Waals surface area contributed by atoms with Crippen LogP contribution in [0.25, 0.3) is 22.0 Å². The number of benzene rings is 2. The van der Waals surface area contributed by atoms with Gasteiger partial charge in [-0.1, -0.05) is 18.2 Å². The van der Waals surface area contributed by atoms with E-state index in [-0.39, 0.29) is 35.5 Å². The highest BCUT2D eigenvalue weighted by Gasteiger charge is 2.30. The molecule has 1 aliphatic rings. The zero-order valence-corrected chi connectivity index (χ0v) is 17.9. The van der Waals surface area contributed by atoms with E-state index in [4.69, 9.17) is 0 Å². The van der Waals surface area contributed by atoms with E-state index < -0.39 is 0 Å². The first-order valence-electron chi connectivity index (χ1n) is 10.8. The standard InChI is InChI=1S/C25H22FN5O2/c1-14(16-3-2-4-19(26)9-16)30-24(33)21-13-27-22-8-7-17(10-20(21)22)18-11-28-25(29-12-18)31-23(32)15-5-6-15/h2-4,7-15,27H,5-6H2,1H3,(H,30,33)(H,28,29,31,32)/t14-/m0/s1. The van der Waals surface area contributed by atoms with Crippen molar-refractivity contribution >= 4 is 28.7 Å². The third-order valence-electron chi connectivity index (χ3n) is 5.79. The van der Waals surface area contributed by atoms with Crippen molar-refractivity contribution in [1.82, 2.24) is 20.3 Å². The van der Waals surface area contributed by atoms with Gasteiger partial charge in [0.05, 0.1) is 11.6 Å². The average Bonchev–Trinajstić information content (AvgIpc) is 3.58. The summed E-state index contributed by atoms with van der Waals surface area (Å²) in [4.78, 5) is 36.5. The minimum Gasteiger partial charge on any atom is -0.360 e. The van der Waals surface area contributed by atoms with Crippen LogP contribution in [0, 0.1) is 11.7 Å². The molecule has 1 atom stereocenters. The zero-order chi connectivity index (χ0) is 22.9. The van der Waals surface area contributed by atoms with Gasteiger partial charge in [-0.2, -0.15) is 0 Å². The molecule has 0 unspecified atom stereocenters. The van der Waals surface area contributed by atoms with Crippen molar-refractivity contribution in [3.8, 4) is 11.1 Å². The minimum atomic E-state index is -0.354. The van der Waals surface area contributed by atoms with Gasteiger partial charge in [-0.15, -0.1) is 0 Å². The van der Waals surface area contributed by atoms with E-state index in [1.807, 2.05) is 25.1 Å². The van der Waals surface area contributed by atoms with Gasteiger partial charge in [0, 0.05) is 41.0 Å². The molecule has 0 bridgehead atoms. The maximum atomic E-state index is 13.5. The molecule has 0 radical (unpaired) electrons. The summed E-state index contributed by atoms with van der Waals surface area (Å²) >= 11 is 0. The van der Waals surface area contributed by atoms with Crippen LogP contribution in [-0.4, -0.2) is 26.8 Å². The lowest BCUT2D eigenvalue weighted by molar-refractivity contribution is -0.117. The Labute approximate surface area is 189 Å². The van der Waals surface area contributed by atoms with Gasteiger partial charge < -0.3 is 10.3 Å². The fourth-order valence-electron chi connectivity index (χ4n) is 3.72. The Kier molecular flexibility index (Phi) is 5.34. The number of anilines is 1. The van der Waals surface area contributed by atoms with E-state index in [9.17, 15) is 14.0 Å². The molecule has 5 rings (SSSR count). The van der Waals surface area contributed by atoms with E-state index in [1.165, 1.54) is 12.1 Å². The second-order valence-corrected chi connectivity index (χ2v) is 8.27. The molecule has 1 aliphatic carbocycles. The molecule has 2 heterocycles. The Hall–Kier alpha value is -4.07. The number of aromatic amines is 1. The molecule has 1 saturated carbocycles. The predicted molar refractivity (Wildman–Crippen MR) is 123 cm³/mol. The molecule has 33 heavy (non-hydrogen) atoms. The monoisotopic (exact) mass is 443 g/mol. The molecule has 166 valence electrons. The SMILES string of the molecule is C[C@H](NC(=O)c1c[nH]c2ccc(-c3cnc(NC(=O)C4CC4)nc3)cc12)c1cccc(F)c1. The number of H-pyrrole nitrogens is 1. The third kappa shape index (κ3) is 4.45. The van der Waals surface area contributed by atoms with E-state index in [1.54, 1.807) is 30.7 Å². The van der Waals surface area contributed by atoms with Gasteiger partial charge in [0.25, 0.3) is 5.91 Å². The van der Waals surface area contributed by atoms with Crippen molar-refractivity contribution in [2.24, 2.45) is 5.92 Å². The van der Waals surface area contributed by atoms with Gasteiger partial charge in [-0.3, -0.25) is 14.9 Å². The number of aromatic nitrogens is 3. The summed E-state index contributed by atoms with van der Waals surface area (Å²) in [6.45, 7) is 1.81. The molecule has 8 heteroatoms. The number of rotatable bonds is 6. The van der Waals surface area contributed by atoms with Crippen molar-refractivity contribution in [3.05, 3.63) is 78.0 Å². The lowest BCUT2D eigenvalue weighted by atomic mass is 10.0. The molecule has 1 fully saturated rings. The molecular weight excluding hydrogens is 421 g/mol.